The van der Waals surface area contributed by atoms with Gasteiger partial charge < -0.3 is 4.90 Å². The van der Waals surface area contributed by atoms with Crippen LogP contribution in [0.2, 0.25) is 0 Å². The van der Waals surface area contributed by atoms with Gasteiger partial charge >= 0.3 is 0 Å². The van der Waals surface area contributed by atoms with Crippen LogP contribution in [0.25, 0.3) is 0 Å². The molecule has 0 bridgehead atoms. The Kier molecular flexibility index (Phi) is 5.27. The van der Waals surface area contributed by atoms with Crippen molar-refractivity contribution >= 4 is 11.6 Å². The molecule has 2 heteroatoms. The predicted octanol–water partition coefficient (Wildman–Crippen LogP) is 5.68. The van der Waals surface area contributed by atoms with Crippen LogP contribution in [0.3, 0.4) is 0 Å². The van der Waals surface area contributed by atoms with Gasteiger partial charge in [0.25, 0.3) is 0 Å². The van der Waals surface area contributed by atoms with Crippen molar-refractivity contribution in [3.8, 4) is 0 Å². The minimum Gasteiger partial charge on any atom is -0.308 e. The maximum Gasteiger partial charge on any atom is 0.233 e. The average Bonchev–Trinajstić information content (AvgIpc) is 3.05. The van der Waals surface area contributed by atoms with Crippen LogP contribution in [0.15, 0.2) is 60.7 Å². The van der Waals surface area contributed by atoms with Crippen LogP contribution in [-0.4, -0.2) is 5.91 Å². The Bertz CT molecular complexity index is 695. The van der Waals surface area contributed by atoms with Crippen molar-refractivity contribution in [1.29, 1.82) is 0 Å². The van der Waals surface area contributed by atoms with Gasteiger partial charge in [0, 0.05) is 11.1 Å². The molecule has 0 radical (unpaired) electrons. The second-order valence-corrected chi connectivity index (χ2v) is 8.02. The highest BCUT2D eigenvalue weighted by Gasteiger charge is 2.44. The number of nitrogens with zero attached hydrogens (tertiary/aromatic N) is 1. The number of amides is 1. The van der Waals surface area contributed by atoms with Crippen molar-refractivity contribution in [1.82, 2.24) is 0 Å². The van der Waals surface area contributed by atoms with Gasteiger partial charge in [0.2, 0.25) is 5.91 Å². The molecule has 2 nitrogen and oxygen atoms in total. The number of anilines is 1. The Morgan fingerprint density at radius 2 is 1.68 bits per heavy atom. The summed E-state index contributed by atoms with van der Waals surface area (Å²) in [5, 5.41) is 0. The summed E-state index contributed by atoms with van der Waals surface area (Å²) < 4.78 is 0. The third-order valence-corrected chi connectivity index (χ3v) is 5.74. The number of para-hydroxylation sites is 1. The minimum absolute atomic E-state index is 0.250. The standard InChI is InChI=1S/C23H29NO/c1-18(2)20-14-15-23(3,16-20)22(25)24(21-12-8-5-9-13-21)17-19-10-6-4-7-11-19/h4-13,18,20H,14-17H2,1-3H3. The molecule has 2 unspecified atom stereocenters. The number of carbonyl (C=O) groups excluding carboxylic acids is 1. The quantitative estimate of drug-likeness (QED) is 0.688. The summed E-state index contributed by atoms with van der Waals surface area (Å²) in [5.41, 5.74) is 1.91. The van der Waals surface area contributed by atoms with E-state index in [2.05, 4.69) is 32.9 Å². The molecule has 1 amide bonds. The molecule has 0 spiro atoms. The fourth-order valence-electron chi connectivity index (χ4n) is 4.03. The lowest BCUT2D eigenvalue weighted by molar-refractivity contribution is -0.127. The van der Waals surface area contributed by atoms with Gasteiger partial charge in [-0.15, -0.1) is 0 Å². The SMILES string of the molecule is CC(C)C1CCC(C)(C(=O)N(Cc2ccccc2)c2ccccc2)C1. The molecule has 0 saturated heterocycles. The number of hydrogen-bond donors (Lipinski definition) is 0. The number of hydrogen-bond acceptors (Lipinski definition) is 1. The van der Waals surface area contributed by atoms with Gasteiger partial charge in [-0.05, 0) is 48.8 Å². The van der Waals surface area contributed by atoms with Gasteiger partial charge in [-0.2, -0.15) is 0 Å². The van der Waals surface area contributed by atoms with E-state index < -0.39 is 0 Å². The zero-order chi connectivity index (χ0) is 17.9. The maximum atomic E-state index is 13.6. The fourth-order valence-corrected chi connectivity index (χ4v) is 4.03. The summed E-state index contributed by atoms with van der Waals surface area (Å²) in [6, 6.07) is 20.4. The van der Waals surface area contributed by atoms with Crippen LogP contribution in [0.1, 0.15) is 45.6 Å². The molecule has 2 aromatic carbocycles. The molecule has 1 fully saturated rings. The lowest BCUT2D eigenvalue weighted by Crippen LogP contribution is -2.41. The normalized spacial score (nSPS) is 23.0. The van der Waals surface area contributed by atoms with Crippen LogP contribution in [0.4, 0.5) is 5.69 Å². The Hall–Kier alpha value is -2.09. The molecular weight excluding hydrogens is 306 g/mol. The molecule has 25 heavy (non-hydrogen) atoms. The molecule has 0 heterocycles. The zero-order valence-corrected chi connectivity index (χ0v) is 15.6. The van der Waals surface area contributed by atoms with Crippen LogP contribution >= 0.6 is 0 Å². The second-order valence-electron chi connectivity index (χ2n) is 8.02. The molecule has 1 aliphatic rings. The van der Waals surface area contributed by atoms with E-state index in [1.54, 1.807) is 0 Å². The predicted molar refractivity (Wildman–Crippen MR) is 104 cm³/mol. The van der Waals surface area contributed by atoms with Gasteiger partial charge in [0.05, 0.1) is 6.54 Å². The topological polar surface area (TPSA) is 20.3 Å². The van der Waals surface area contributed by atoms with Crippen molar-refractivity contribution in [2.24, 2.45) is 17.3 Å². The number of benzene rings is 2. The highest BCUT2D eigenvalue weighted by atomic mass is 16.2. The Morgan fingerprint density at radius 1 is 1.08 bits per heavy atom. The van der Waals surface area contributed by atoms with E-state index in [-0.39, 0.29) is 11.3 Å². The summed E-state index contributed by atoms with van der Waals surface area (Å²) >= 11 is 0. The van der Waals surface area contributed by atoms with Crippen molar-refractivity contribution in [2.75, 3.05) is 4.90 Å². The van der Waals surface area contributed by atoms with Gasteiger partial charge in [0.15, 0.2) is 0 Å². The van der Waals surface area contributed by atoms with Crippen LogP contribution in [0, 0.1) is 17.3 Å². The Balaban J connectivity index is 1.88. The molecule has 2 atom stereocenters. The first-order valence-electron chi connectivity index (χ1n) is 9.40. The lowest BCUT2D eigenvalue weighted by atomic mass is 9.83. The van der Waals surface area contributed by atoms with Crippen LogP contribution in [0.5, 0.6) is 0 Å². The highest BCUT2D eigenvalue weighted by Crippen LogP contribution is 2.46. The lowest BCUT2D eigenvalue weighted by Gasteiger charge is -2.32. The molecule has 1 aliphatic carbocycles. The summed E-state index contributed by atoms with van der Waals surface area (Å²) in [4.78, 5) is 15.6. The average molecular weight is 335 g/mol. The molecule has 2 aromatic rings. The molecule has 3 rings (SSSR count). The summed E-state index contributed by atoms with van der Waals surface area (Å²) in [6.45, 7) is 7.35. The first-order valence-corrected chi connectivity index (χ1v) is 9.40. The van der Waals surface area contributed by atoms with Gasteiger partial charge in [-0.3, -0.25) is 4.79 Å². The van der Waals surface area contributed by atoms with E-state index in [1.807, 2.05) is 53.4 Å². The molecule has 0 N–H and O–H groups in total. The van der Waals surface area contributed by atoms with Gasteiger partial charge in [-0.25, -0.2) is 0 Å². The van der Waals surface area contributed by atoms with E-state index in [4.69, 9.17) is 0 Å². The molecule has 132 valence electrons. The Labute approximate surface area is 151 Å². The minimum atomic E-state index is -0.250. The van der Waals surface area contributed by atoms with E-state index in [0.29, 0.717) is 18.4 Å². The van der Waals surface area contributed by atoms with Crippen LogP contribution in [-0.2, 0) is 11.3 Å². The highest BCUT2D eigenvalue weighted by molar-refractivity contribution is 5.97. The smallest absolute Gasteiger partial charge is 0.233 e. The van der Waals surface area contributed by atoms with Crippen molar-refractivity contribution < 1.29 is 4.79 Å². The maximum absolute atomic E-state index is 13.6. The summed E-state index contributed by atoms with van der Waals surface area (Å²) in [5.74, 6) is 1.57. The monoisotopic (exact) mass is 335 g/mol. The summed E-state index contributed by atoms with van der Waals surface area (Å²) in [7, 11) is 0. The first kappa shape index (κ1) is 17.7. The molecule has 0 aromatic heterocycles. The van der Waals surface area contributed by atoms with Crippen molar-refractivity contribution in [3.63, 3.8) is 0 Å². The van der Waals surface area contributed by atoms with Crippen molar-refractivity contribution in [3.05, 3.63) is 66.2 Å². The van der Waals surface area contributed by atoms with E-state index >= 15 is 0 Å². The van der Waals surface area contributed by atoms with Gasteiger partial charge in [0.1, 0.15) is 0 Å². The largest absolute Gasteiger partial charge is 0.308 e. The fraction of sp³-hybridized carbons (Fsp3) is 0.435. The molecular formula is C23H29NO. The first-order chi connectivity index (χ1) is 12.0. The third-order valence-electron chi connectivity index (χ3n) is 5.74. The zero-order valence-electron chi connectivity index (χ0n) is 15.6. The Morgan fingerprint density at radius 3 is 2.24 bits per heavy atom. The number of rotatable bonds is 5. The van der Waals surface area contributed by atoms with Crippen LogP contribution < -0.4 is 4.90 Å². The molecule has 1 saturated carbocycles. The number of carbonyl (C=O) groups is 1. The third kappa shape index (κ3) is 3.95. The molecule has 0 aliphatic heterocycles. The van der Waals surface area contributed by atoms with E-state index in [1.165, 1.54) is 5.56 Å². The second kappa shape index (κ2) is 7.43. The van der Waals surface area contributed by atoms with E-state index in [9.17, 15) is 4.79 Å². The van der Waals surface area contributed by atoms with E-state index in [0.717, 1.165) is 24.9 Å². The summed E-state index contributed by atoms with van der Waals surface area (Å²) in [6.07, 6.45) is 3.16. The van der Waals surface area contributed by atoms with Gasteiger partial charge in [-0.1, -0.05) is 69.3 Å². The van der Waals surface area contributed by atoms with Crippen molar-refractivity contribution in [2.45, 2.75) is 46.6 Å².